The topological polar surface area (TPSA) is 75.3 Å². The van der Waals surface area contributed by atoms with Crippen LogP contribution in [0.3, 0.4) is 0 Å². The number of aryl methyl sites for hydroxylation is 1. The van der Waals surface area contributed by atoms with Crippen molar-refractivity contribution >= 4 is 23.0 Å². The van der Waals surface area contributed by atoms with E-state index in [2.05, 4.69) is 17.1 Å². The molecule has 1 aliphatic rings. The summed E-state index contributed by atoms with van der Waals surface area (Å²) in [4.78, 5) is 2.38. The number of aliphatic hydroxyl groups is 1. The van der Waals surface area contributed by atoms with Crippen molar-refractivity contribution in [1.29, 1.82) is 0 Å². The highest BCUT2D eigenvalue weighted by Crippen LogP contribution is 2.26. The van der Waals surface area contributed by atoms with E-state index in [0.29, 0.717) is 11.5 Å². The zero-order valence-corrected chi connectivity index (χ0v) is 12.2. The minimum absolute atomic E-state index is 0.308. The lowest BCUT2D eigenvalue weighted by atomic mass is 10.0. The number of hydrogen-bond donors (Lipinski definition) is 2. The predicted octanol–water partition coefficient (Wildman–Crippen LogP) is 0.807. The van der Waals surface area contributed by atoms with Crippen molar-refractivity contribution in [3.8, 4) is 0 Å². The summed E-state index contributed by atoms with van der Waals surface area (Å²) in [5, 5.41) is 18.2. The molecule has 5 nitrogen and oxygen atoms in total. The van der Waals surface area contributed by atoms with E-state index in [1.807, 2.05) is 11.8 Å². The number of thiocarbonyl (C=S) groups is 1. The summed E-state index contributed by atoms with van der Waals surface area (Å²) in [6.45, 7) is 5.45. The van der Waals surface area contributed by atoms with Crippen LogP contribution in [0.15, 0.2) is 0 Å². The number of aliphatic hydroxyl groups excluding tert-OH is 1. The van der Waals surface area contributed by atoms with Gasteiger partial charge in [0, 0.05) is 13.1 Å². The lowest BCUT2D eigenvalue weighted by Gasteiger charge is -2.22. The fourth-order valence-corrected chi connectivity index (χ4v) is 2.79. The zero-order chi connectivity index (χ0) is 14.0. The Balaban J connectivity index is 2.51. The predicted molar refractivity (Wildman–Crippen MR) is 79.5 cm³/mol. The molecule has 2 heterocycles. The highest BCUT2D eigenvalue weighted by molar-refractivity contribution is 7.80. The van der Waals surface area contributed by atoms with Crippen LogP contribution in [-0.4, -0.2) is 39.5 Å². The molecule has 0 bridgehead atoms. The summed E-state index contributed by atoms with van der Waals surface area (Å²) < 4.78 is 0. The lowest BCUT2D eigenvalue weighted by Crippen LogP contribution is -2.28. The van der Waals surface area contributed by atoms with Crippen molar-refractivity contribution < 1.29 is 5.11 Å². The second kappa shape index (κ2) is 5.79. The first kappa shape index (κ1) is 14.1. The molecular weight excluding hydrogens is 260 g/mol. The summed E-state index contributed by atoms with van der Waals surface area (Å²) in [5.41, 5.74) is 8.76. The van der Waals surface area contributed by atoms with Crippen LogP contribution in [0.4, 0.5) is 5.82 Å². The number of nitrogens with zero attached hydrogens (tertiary/aromatic N) is 3. The Hall–Kier alpha value is -1.27. The molecule has 1 atom stereocenters. The molecule has 19 heavy (non-hydrogen) atoms. The summed E-state index contributed by atoms with van der Waals surface area (Å²) in [6.07, 6.45) is 2.08. The first-order chi connectivity index (χ1) is 9.08. The van der Waals surface area contributed by atoms with E-state index in [0.717, 1.165) is 48.4 Å². The van der Waals surface area contributed by atoms with Gasteiger partial charge in [-0.2, -0.15) is 5.10 Å². The van der Waals surface area contributed by atoms with Gasteiger partial charge in [0.2, 0.25) is 0 Å². The molecule has 0 spiro atoms. The van der Waals surface area contributed by atoms with E-state index >= 15 is 0 Å². The minimum atomic E-state index is -0.308. The third-order valence-corrected chi connectivity index (χ3v) is 3.74. The number of nitrogens with two attached hydrogens (primary N) is 1. The average Bonchev–Trinajstić information content (AvgIpc) is 2.83. The molecule has 1 aromatic heterocycles. The van der Waals surface area contributed by atoms with Crippen LogP contribution in [0.1, 0.15) is 37.1 Å². The molecule has 1 aliphatic heterocycles. The maximum Gasteiger partial charge on any atom is 0.161 e. The van der Waals surface area contributed by atoms with Gasteiger partial charge < -0.3 is 15.7 Å². The van der Waals surface area contributed by atoms with Gasteiger partial charge in [-0.15, -0.1) is 5.10 Å². The van der Waals surface area contributed by atoms with E-state index < -0.39 is 0 Å². The van der Waals surface area contributed by atoms with Crippen molar-refractivity contribution in [3.05, 3.63) is 16.8 Å². The molecule has 1 saturated heterocycles. The Labute approximate surface area is 118 Å². The van der Waals surface area contributed by atoms with Crippen molar-refractivity contribution in [3.63, 3.8) is 0 Å². The molecule has 0 aromatic carbocycles. The fourth-order valence-electron chi connectivity index (χ4n) is 2.58. The zero-order valence-electron chi connectivity index (χ0n) is 11.4. The Morgan fingerprint density at radius 2 is 2.16 bits per heavy atom. The monoisotopic (exact) mass is 280 g/mol. The van der Waals surface area contributed by atoms with Gasteiger partial charge in [0.1, 0.15) is 4.99 Å². The van der Waals surface area contributed by atoms with Crippen molar-refractivity contribution in [2.24, 2.45) is 5.73 Å². The van der Waals surface area contributed by atoms with E-state index in [4.69, 9.17) is 18.0 Å². The number of hydrogen-bond acceptors (Lipinski definition) is 5. The number of rotatable bonds is 4. The first-order valence-electron chi connectivity index (χ1n) is 6.69. The molecule has 6 heteroatoms. The molecular formula is C13H20N4OS. The maximum atomic E-state index is 9.66. The van der Waals surface area contributed by atoms with Crippen molar-refractivity contribution in [2.75, 3.05) is 18.0 Å². The number of anilines is 1. The Morgan fingerprint density at radius 3 is 2.63 bits per heavy atom. The van der Waals surface area contributed by atoms with Gasteiger partial charge >= 0.3 is 0 Å². The summed E-state index contributed by atoms with van der Waals surface area (Å²) in [7, 11) is 0. The Kier molecular flexibility index (Phi) is 4.31. The second-order valence-electron chi connectivity index (χ2n) is 4.78. The molecule has 1 aromatic rings. The standard InChI is InChI=1S/C13H20N4OS/c1-3-9-10(4-2)15-16-13(11(9)12(14)19)17-6-5-8(18)7-17/h8,18H,3-7H2,1-2H3,(H2,14,19). The Morgan fingerprint density at radius 1 is 1.42 bits per heavy atom. The molecule has 0 radical (unpaired) electrons. The third-order valence-electron chi connectivity index (χ3n) is 3.54. The van der Waals surface area contributed by atoms with E-state index in [9.17, 15) is 5.11 Å². The molecule has 2 rings (SSSR count). The smallest absolute Gasteiger partial charge is 0.161 e. The van der Waals surface area contributed by atoms with Crippen LogP contribution in [0.25, 0.3) is 0 Å². The largest absolute Gasteiger partial charge is 0.391 e. The number of aromatic nitrogens is 2. The summed E-state index contributed by atoms with van der Waals surface area (Å²) in [5.74, 6) is 0.720. The SMILES string of the molecule is CCc1nnc(N2CCC(O)C2)c(C(N)=S)c1CC. The highest BCUT2D eigenvalue weighted by Gasteiger charge is 2.26. The molecule has 1 fully saturated rings. The normalized spacial score (nSPS) is 18.9. The first-order valence-corrected chi connectivity index (χ1v) is 7.10. The molecule has 0 amide bonds. The third kappa shape index (κ3) is 2.69. The van der Waals surface area contributed by atoms with Crippen molar-refractivity contribution in [2.45, 2.75) is 39.2 Å². The average molecular weight is 280 g/mol. The van der Waals surface area contributed by atoms with Gasteiger partial charge in [0.15, 0.2) is 5.82 Å². The van der Waals surface area contributed by atoms with Gasteiger partial charge in [-0.25, -0.2) is 0 Å². The molecule has 0 saturated carbocycles. The van der Waals surface area contributed by atoms with Crippen LogP contribution < -0.4 is 10.6 Å². The van der Waals surface area contributed by atoms with Crippen LogP contribution in [-0.2, 0) is 12.8 Å². The molecule has 104 valence electrons. The van der Waals surface area contributed by atoms with E-state index in [1.54, 1.807) is 0 Å². The fraction of sp³-hybridized carbons (Fsp3) is 0.615. The Bertz CT molecular complexity index is 492. The highest BCUT2D eigenvalue weighted by atomic mass is 32.1. The maximum absolute atomic E-state index is 9.66. The number of β-amino-alcohol motifs (C(OH)–C–C–N with tert-alkyl or cyclic N) is 1. The van der Waals surface area contributed by atoms with Gasteiger partial charge in [0.25, 0.3) is 0 Å². The summed E-state index contributed by atoms with van der Waals surface area (Å²) >= 11 is 5.20. The van der Waals surface area contributed by atoms with Crippen molar-refractivity contribution in [1.82, 2.24) is 10.2 Å². The minimum Gasteiger partial charge on any atom is -0.391 e. The second-order valence-corrected chi connectivity index (χ2v) is 5.22. The van der Waals surface area contributed by atoms with Crippen LogP contribution in [0.2, 0.25) is 0 Å². The van der Waals surface area contributed by atoms with Crippen LogP contribution in [0, 0.1) is 0 Å². The van der Waals surface area contributed by atoms with Gasteiger partial charge in [-0.05, 0) is 24.8 Å². The van der Waals surface area contributed by atoms with Gasteiger partial charge in [-0.1, -0.05) is 26.1 Å². The van der Waals surface area contributed by atoms with Gasteiger partial charge in [-0.3, -0.25) is 0 Å². The van der Waals surface area contributed by atoms with E-state index in [1.165, 1.54) is 0 Å². The quantitative estimate of drug-likeness (QED) is 0.795. The summed E-state index contributed by atoms with van der Waals surface area (Å²) in [6, 6.07) is 0. The van der Waals surface area contributed by atoms with Crippen LogP contribution >= 0.6 is 12.2 Å². The lowest BCUT2D eigenvalue weighted by molar-refractivity contribution is 0.198. The van der Waals surface area contributed by atoms with Gasteiger partial charge in [0.05, 0.1) is 17.4 Å². The molecule has 3 N–H and O–H groups in total. The molecule has 1 unspecified atom stereocenters. The van der Waals surface area contributed by atoms with Crippen LogP contribution in [0.5, 0.6) is 0 Å². The van der Waals surface area contributed by atoms with E-state index in [-0.39, 0.29) is 6.10 Å². The molecule has 0 aliphatic carbocycles.